The normalized spacial score (nSPS) is 17.5. The van der Waals surface area contributed by atoms with Crippen molar-refractivity contribution in [2.45, 2.75) is 59.8 Å². The van der Waals surface area contributed by atoms with Crippen LogP contribution >= 0.6 is 15.2 Å². The maximum Gasteiger partial charge on any atom is 0.340 e. The van der Waals surface area contributed by atoms with Gasteiger partial charge in [0.2, 0.25) is 0 Å². The molecule has 0 saturated carbocycles. The highest BCUT2D eigenvalue weighted by Crippen LogP contribution is 2.55. The molecule has 0 bridgehead atoms. The van der Waals surface area contributed by atoms with Crippen molar-refractivity contribution in [3.05, 3.63) is 35.5 Å². The zero-order chi connectivity index (χ0) is 20.2. The van der Waals surface area contributed by atoms with Crippen LogP contribution in [0.5, 0.6) is 0 Å². The van der Waals surface area contributed by atoms with Crippen molar-refractivity contribution in [2.75, 3.05) is 12.5 Å². The summed E-state index contributed by atoms with van der Waals surface area (Å²) >= 11 is 0. The maximum atomic E-state index is 11.5. The lowest BCUT2D eigenvalue weighted by atomic mass is 10.00. The fourth-order valence-corrected chi connectivity index (χ4v) is 5.15. The van der Waals surface area contributed by atoms with Gasteiger partial charge in [-0.1, -0.05) is 42.4 Å². The summed E-state index contributed by atoms with van der Waals surface area (Å²) < 4.78 is 26.9. The van der Waals surface area contributed by atoms with E-state index in [4.69, 9.17) is 14.3 Å². The molecule has 0 spiro atoms. The zero-order valence-corrected chi connectivity index (χ0v) is 18.1. The second kappa shape index (κ2) is 12.8. The molecule has 0 aliphatic carbocycles. The third-order valence-electron chi connectivity index (χ3n) is 3.69. The van der Waals surface area contributed by atoms with Gasteiger partial charge in [-0.15, -0.1) is 0 Å². The van der Waals surface area contributed by atoms with Crippen LogP contribution in [0.2, 0.25) is 0 Å². The van der Waals surface area contributed by atoms with Gasteiger partial charge in [-0.25, -0.2) is 0 Å². The first-order chi connectivity index (χ1) is 11.9. The SMILES string of the molecule is C/C=C/C(C)C/C(C)=C/CC/C(C)=C/CCCOP(=O)(O)CP(=O)(O)O. The quantitative estimate of drug-likeness (QED) is 0.215. The molecule has 0 rings (SSSR count). The predicted octanol–water partition coefficient (Wildman–Crippen LogP) is 5.38. The number of hydrogen-bond acceptors (Lipinski definition) is 3. The van der Waals surface area contributed by atoms with Crippen LogP contribution in [-0.2, 0) is 13.7 Å². The molecular formula is C18H34O6P2. The molecule has 2 atom stereocenters. The first-order valence-corrected chi connectivity index (χ1v) is 12.5. The van der Waals surface area contributed by atoms with E-state index in [2.05, 4.69) is 45.1 Å². The molecule has 0 fully saturated rings. The number of unbranched alkanes of at least 4 members (excludes halogenated alkanes) is 1. The topological polar surface area (TPSA) is 104 Å². The Labute approximate surface area is 157 Å². The van der Waals surface area contributed by atoms with Crippen LogP contribution in [0.25, 0.3) is 0 Å². The summed E-state index contributed by atoms with van der Waals surface area (Å²) in [7, 11) is -8.77. The molecule has 0 aromatic rings. The Morgan fingerprint density at radius 3 is 2.27 bits per heavy atom. The molecule has 0 saturated heterocycles. The second-order valence-corrected chi connectivity index (χ2v) is 10.8. The summed E-state index contributed by atoms with van der Waals surface area (Å²) in [6, 6.07) is 0. The summed E-state index contributed by atoms with van der Waals surface area (Å²) in [5.74, 6) is -0.575. The van der Waals surface area contributed by atoms with Crippen LogP contribution in [0.1, 0.15) is 59.8 Å². The second-order valence-electron chi connectivity index (χ2n) is 6.77. The van der Waals surface area contributed by atoms with Crippen molar-refractivity contribution in [3.8, 4) is 0 Å². The molecule has 0 amide bonds. The monoisotopic (exact) mass is 408 g/mol. The van der Waals surface area contributed by atoms with Gasteiger partial charge in [-0.2, -0.15) is 0 Å². The summed E-state index contributed by atoms with van der Waals surface area (Å²) in [6.07, 6.45) is 12.9. The van der Waals surface area contributed by atoms with Crippen molar-refractivity contribution in [3.63, 3.8) is 0 Å². The lowest BCUT2D eigenvalue weighted by Crippen LogP contribution is -1.97. The Kier molecular flexibility index (Phi) is 12.6. The van der Waals surface area contributed by atoms with Gasteiger partial charge in [0.25, 0.3) is 0 Å². The maximum absolute atomic E-state index is 11.5. The zero-order valence-electron chi connectivity index (χ0n) is 16.3. The van der Waals surface area contributed by atoms with Crippen LogP contribution in [0.15, 0.2) is 35.5 Å². The highest BCUT2D eigenvalue weighted by Gasteiger charge is 2.30. The van der Waals surface area contributed by atoms with Crippen LogP contribution in [0.3, 0.4) is 0 Å². The third-order valence-corrected chi connectivity index (χ3v) is 7.18. The predicted molar refractivity (Wildman–Crippen MR) is 107 cm³/mol. The van der Waals surface area contributed by atoms with E-state index in [9.17, 15) is 14.0 Å². The molecular weight excluding hydrogens is 374 g/mol. The van der Waals surface area contributed by atoms with Crippen LogP contribution in [-0.4, -0.2) is 27.2 Å². The van der Waals surface area contributed by atoms with Gasteiger partial charge in [0.05, 0.1) is 6.61 Å². The van der Waals surface area contributed by atoms with Crippen LogP contribution in [0, 0.1) is 5.92 Å². The Morgan fingerprint density at radius 2 is 1.69 bits per heavy atom. The van der Waals surface area contributed by atoms with Gasteiger partial charge in [-0.05, 0) is 58.8 Å². The van der Waals surface area contributed by atoms with E-state index in [0.717, 1.165) is 19.3 Å². The molecule has 0 aromatic carbocycles. The highest BCUT2D eigenvalue weighted by atomic mass is 31.2. The molecule has 0 aromatic heterocycles. The van der Waals surface area contributed by atoms with Crippen LogP contribution < -0.4 is 0 Å². The minimum Gasteiger partial charge on any atom is -0.324 e. The fraction of sp³-hybridized carbons (Fsp3) is 0.667. The van der Waals surface area contributed by atoms with Crippen molar-refractivity contribution in [2.24, 2.45) is 5.92 Å². The summed E-state index contributed by atoms with van der Waals surface area (Å²) in [5.41, 5.74) is 2.64. The van der Waals surface area contributed by atoms with E-state index in [1.807, 2.05) is 6.92 Å². The van der Waals surface area contributed by atoms with E-state index in [1.54, 1.807) is 0 Å². The van der Waals surface area contributed by atoms with Gasteiger partial charge < -0.3 is 19.2 Å². The summed E-state index contributed by atoms with van der Waals surface area (Å²) in [6.45, 7) is 8.44. The molecule has 6 nitrogen and oxygen atoms in total. The van der Waals surface area contributed by atoms with Crippen molar-refractivity contribution in [1.82, 2.24) is 0 Å². The summed E-state index contributed by atoms with van der Waals surface area (Å²) in [4.78, 5) is 26.8. The molecule has 0 heterocycles. The Morgan fingerprint density at radius 1 is 1.08 bits per heavy atom. The van der Waals surface area contributed by atoms with Gasteiger partial charge in [0.1, 0.15) is 0 Å². The largest absolute Gasteiger partial charge is 0.340 e. The Balaban J connectivity index is 4.05. The van der Waals surface area contributed by atoms with E-state index in [0.29, 0.717) is 18.8 Å². The van der Waals surface area contributed by atoms with Crippen molar-refractivity contribution in [1.29, 1.82) is 0 Å². The third kappa shape index (κ3) is 15.7. The summed E-state index contributed by atoms with van der Waals surface area (Å²) in [5, 5.41) is 0. The van der Waals surface area contributed by atoms with Crippen molar-refractivity contribution >= 4 is 15.2 Å². The van der Waals surface area contributed by atoms with Crippen LogP contribution in [0.4, 0.5) is 0 Å². The molecule has 0 radical (unpaired) electrons. The van der Waals surface area contributed by atoms with Gasteiger partial charge >= 0.3 is 15.2 Å². The molecule has 8 heteroatoms. The van der Waals surface area contributed by atoms with E-state index in [-0.39, 0.29) is 6.61 Å². The lowest BCUT2D eigenvalue weighted by molar-refractivity contribution is 0.257. The van der Waals surface area contributed by atoms with E-state index in [1.165, 1.54) is 11.1 Å². The molecule has 3 N–H and O–H groups in total. The number of rotatable bonds is 13. The number of hydrogen-bond donors (Lipinski definition) is 3. The van der Waals surface area contributed by atoms with E-state index >= 15 is 0 Å². The molecule has 26 heavy (non-hydrogen) atoms. The highest BCUT2D eigenvalue weighted by molar-refractivity contribution is 7.70. The molecule has 2 unspecified atom stereocenters. The average Bonchev–Trinajstić information content (AvgIpc) is 2.44. The average molecular weight is 408 g/mol. The van der Waals surface area contributed by atoms with Gasteiger partial charge in [0.15, 0.2) is 5.90 Å². The van der Waals surface area contributed by atoms with Gasteiger partial charge in [0, 0.05) is 0 Å². The van der Waals surface area contributed by atoms with Gasteiger partial charge in [-0.3, -0.25) is 9.13 Å². The molecule has 0 aliphatic rings. The van der Waals surface area contributed by atoms with E-state index < -0.39 is 21.1 Å². The fourth-order valence-electron chi connectivity index (χ4n) is 2.55. The lowest BCUT2D eigenvalue weighted by Gasteiger charge is -2.12. The minimum absolute atomic E-state index is 0.000592. The first kappa shape index (κ1) is 25.5. The standard InChI is InChI=1S/C18H34O6P2/c1-5-9-17(3)14-18(4)12-8-11-16(2)10-6-7-13-24-26(22,23)15-25(19,20)21/h5,9-10,12,17H,6-8,11,13-15H2,1-4H3,(H,22,23)(H2,19,20,21)/b9-5+,16-10+,18-12+. The number of allylic oxidation sites excluding steroid dienone is 6. The Hall–Kier alpha value is -0.480. The first-order valence-electron chi connectivity index (χ1n) is 8.90. The molecule has 152 valence electrons. The van der Waals surface area contributed by atoms with Crippen molar-refractivity contribution < 1.29 is 28.3 Å². The molecule has 0 aliphatic heterocycles. The Bertz CT molecular complexity index is 588. The minimum atomic E-state index is -4.55. The smallest absolute Gasteiger partial charge is 0.324 e.